The first kappa shape index (κ1) is 27.8. The lowest BCUT2D eigenvalue weighted by Gasteiger charge is -2.44. The Kier molecular flexibility index (Phi) is 12.9. The van der Waals surface area contributed by atoms with Gasteiger partial charge in [-0.3, -0.25) is 19.2 Å². The smallest absolute Gasteiger partial charge is 0.303 e. The summed E-state index contributed by atoms with van der Waals surface area (Å²) in [6.07, 6.45) is 0.641. The van der Waals surface area contributed by atoms with E-state index in [0.29, 0.717) is 6.61 Å². The van der Waals surface area contributed by atoms with Gasteiger partial charge in [0.1, 0.15) is 12.7 Å². The SMILES string of the molecule is CCCCCCCCO[C@@H]1O[C@H](COC(C)=O)[C@H](OC(C)=O)[C@H](OC(C)=O)[C@H]1OC(C)=O. The number of esters is 4. The van der Waals surface area contributed by atoms with Gasteiger partial charge in [0.25, 0.3) is 0 Å². The Morgan fingerprint density at radius 2 is 1.22 bits per heavy atom. The van der Waals surface area contributed by atoms with E-state index in [0.717, 1.165) is 32.1 Å². The summed E-state index contributed by atoms with van der Waals surface area (Å²) in [5, 5.41) is 0. The van der Waals surface area contributed by atoms with E-state index in [2.05, 4.69) is 6.92 Å². The van der Waals surface area contributed by atoms with Gasteiger partial charge < -0.3 is 28.4 Å². The van der Waals surface area contributed by atoms with Gasteiger partial charge in [0, 0.05) is 34.3 Å². The number of rotatable bonds is 13. The van der Waals surface area contributed by atoms with Gasteiger partial charge >= 0.3 is 23.9 Å². The van der Waals surface area contributed by atoms with Gasteiger partial charge in [0.05, 0.1) is 0 Å². The lowest BCUT2D eigenvalue weighted by Crippen LogP contribution is -2.63. The largest absolute Gasteiger partial charge is 0.463 e. The summed E-state index contributed by atoms with van der Waals surface area (Å²) in [7, 11) is 0. The van der Waals surface area contributed by atoms with Gasteiger partial charge in [-0.2, -0.15) is 0 Å². The molecule has 0 aromatic heterocycles. The highest BCUT2D eigenvalue weighted by atomic mass is 16.7. The maximum absolute atomic E-state index is 11.8. The van der Waals surface area contributed by atoms with E-state index in [1.165, 1.54) is 34.1 Å². The molecule has 0 aromatic carbocycles. The summed E-state index contributed by atoms with van der Waals surface area (Å²) in [6, 6.07) is 0. The molecular weight excluding hydrogens is 424 g/mol. The van der Waals surface area contributed by atoms with E-state index >= 15 is 0 Å². The van der Waals surface area contributed by atoms with Crippen molar-refractivity contribution in [3.63, 3.8) is 0 Å². The molecular formula is C22H36O10. The van der Waals surface area contributed by atoms with Crippen molar-refractivity contribution in [2.75, 3.05) is 13.2 Å². The number of unbranched alkanes of at least 4 members (excludes halogenated alkanes) is 5. The first-order valence-electron chi connectivity index (χ1n) is 11.1. The fourth-order valence-corrected chi connectivity index (χ4v) is 3.40. The summed E-state index contributed by atoms with van der Waals surface area (Å²) in [5.41, 5.74) is 0. The van der Waals surface area contributed by atoms with Crippen LogP contribution in [0.5, 0.6) is 0 Å². The highest BCUT2D eigenvalue weighted by Crippen LogP contribution is 2.30. The van der Waals surface area contributed by atoms with Crippen LogP contribution < -0.4 is 0 Å². The van der Waals surface area contributed by atoms with Crippen LogP contribution in [0.25, 0.3) is 0 Å². The predicted molar refractivity (Wildman–Crippen MR) is 111 cm³/mol. The zero-order valence-corrected chi connectivity index (χ0v) is 19.6. The Balaban J connectivity index is 3.01. The average Bonchev–Trinajstić information content (AvgIpc) is 2.68. The molecule has 0 radical (unpaired) electrons. The van der Waals surface area contributed by atoms with Gasteiger partial charge in [-0.05, 0) is 6.42 Å². The second-order valence-corrected chi connectivity index (χ2v) is 7.71. The molecule has 1 rings (SSSR count). The fourth-order valence-electron chi connectivity index (χ4n) is 3.40. The second kappa shape index (κ2) is 14.8. The first-order chi connectivity index (χ1) is 15.1. The number of hydrogen-bond donors (Lipinski definition) is 0. The van der Waals surface area contributed by atoms with E-state index in [-0.39, 0.29) is 6.61 Å². The minimum atomic E-state index is -1.20. The van der Waals surface area contributed by atoms with Crippen LogP contribution in [-0.2, 0) is 47.6 Å². The van der Waals surface area contributed by atoms with Crippen molar-refractivity contribution in [2.24, 2.45) is 0 Å². The molecule has 1 heterocycles. The molecule has 1 aliphatic rings. The van der Waals surface area contributed by atoms with E-state index in [1.807, 2.05) is 0 Å². The molecule has 5 atom stereocenters. The fraction of sp³-hybridized carbons (Fsp3) is 0.818. The minimum Gasteiger partial charge on any atom is -0.463 e. The average molecular weight is 461 g/mol. The Morgan fingerprint density at radius 3 is 1.78 bits per heavy atom. The third-order valence-electron chi connectivity index (χ3n) is 4.73. The van der Waals surface area contributed by atoms with E-state index in [9.17, 15) is 19.2 Å². The van der Waals surface area contributed by atoms with E-state index < -0.39 is 54.6 Å². The molecule has 0 N–H and O–H groups in total. The summed E-state index contributed by atoms with van der Waals surface area (Å²) in [5.74, 6) is -2.56. The molecule has 10 heteroatoms. The maximum atomic E-state index is 11.8. The van der Waals surface area contributed by atoms with Crippen LogP contribution in [0.3, 0.4) is 0 Å². The molecule has 184 valence electrons. The Morgan fingerprint density at radius 1 is 0.688 bits per heavy atom. The van der Waals surface area contributed by atoms with Crippen LogP contribution in [-0.4, -0.2) is 67.8 Å². The second-order valence-electron chi connectivity index (χ2n) is 7.71. The summed E-state index contributed by atoms with van der Waals surface area (Å²) in [4.78, 5) is 46.5. The van der Waals surface area contributed by atoms with Crippen LogP contribution in [0.15, 0.2) is 0 Å². The van der Waals surface area contributed by atoms with Crippen LogP contribution in [0.1, 0.15) is 73.1 Å². The zero-order valence-electron chi connectivity index (χ0n) is 19.6. The van der Waals surface area contributed by atoms with Gasteiger partial charge in [-0.1, -0.05) is 39.0 Å². The lowest BCUT2D eigenvalue weighted by atomic mass is 9.98. The predicted octanol–water partition coefficient (Wildman–Crippen LogP) is 2.45. The van der Waals surface area contributed by atoms with E-state index in [1.54, 1.807) is 0 Å². The molecule has 0 unspecified atom stereocenters. The number of carbonyl (C=O) groups excluding carboxylic acids is 4. The molecule has 1 saturated heterocycles. The number of carbonyl (C=O) groups is 4. The normalized spacial score (nSPS) is 25.0. The molecule has 10 nitrogen and oxygen atoms in total. The summed E-state index contributed by atoms with van der Waals surface area (Å²) >= 11 is 0. The highest BCUT2D eigenvalue weighted by molar-refractivity contribution is 5.68. The maximum Gasteiger partial charge on any atom is 0.303 e. The van der Waals surface area contributed by atoms with Crippen LogP contribution in [0.2, 0.25) is 0 Å². The van der Waals surface area contributed by atoms with Crippen molar-refractivity contribution >= 4 is 23.9 Å². The van der Waals surface area contributed by atoms with Gasteiger partial charge in [-0.15, -0.1) is 0 Å². The van der Waals surface area contributed by atoms with Crippen LogP contribution >= 0.6 is 0 Å². The zero-order chi connectivity index (χ0) is 24.1. The van der Waals surface area contributed by atoms with Crippen molar-refractivity contribution in [1.29, 1.82) is 0 Å². The molecule has 0 aliphatic carbocycles. The lowest BCUT2D eigenvalue weighted by molar-refractivity contribution is -0.308. The Labute approximate surface area is 189 Å². The van der Waals surface area contributed by atoms with Crippen molar-refractivity contribution in [1.82, 2.24) is 0 Å². The van der Waals surface area contributed by atoms with Gasteiger partial charge in [-0.25, -0.2) is 0 Å². The standard InChI is InChI=1S/C22H36O10/c1-6-7-8-9-10-11-12-27-22-21(31-17(5)26)20(30-16(4)25)19(29-15(3)24)18(32-22)13-28-14(2)23/h18-22H,6-13H2,1-5H3/t18-,19+,20+,21-,22-/m1/s1. The Hall–Kier alpha value is -2.20. The molecule has 0 saturated carbocycles. The molecule has 0 amide bonds. The van der Waals surface area contributed by atoms with E-state index in [4.69, 9.17) is 28.4 Å². The molecule has 0 aromatic rings. The van der Waals surface area contributed by atoms with Gasteiger partial charge in [0.2, 0.25) is 0 Å². The van der Waals surface area contributed by atoms with Crippen molar-refractivity contribution in [2.45, 2.75) is 104 Å². The molecule has 0 bridgehead atoms. The molecule has 1 aliphatic heterocycles. The number of hydrogen-bond acceptors (Lipinski definition) is 10. The van der Waals surface area contributed by atoms with Gasteiger partial charge in [0.15, 0.2) is 24.6 Å². The third-order valence-corrected chi connectivity index (χ3v) is 4.73. The summed E-state index contributed by atoms with van der Waals surface area (Å²) < 4.78 is 32.8. The molecule has 1 fully saturated rings. The molecule has 32 heavy (non-hydrogen) atoms. The Bertz CT molecular complexity index is 620. The minimum absolute atomic E-state index is 0.269. The van der Waals surface area contributed by atoms with Crippen LogP contribution in [0.4, 0.5) is 0 Å². The monoisotopic (exact) mass is 460 g/mol. The number of ether oxygens (including phenoxy) is 6. The third kappa shape index (κ3) is 10.4. The van der Waals surface area contributed by atoms with Crippen molar-refractivity contribution in [3.05, 3.63) is 0 Å². The quantitative estimate of drug-likeness (QED) is 0.230. The highest BCUT2D eigenvalue weighted by Gasteiger charge is 2.52. The first-order valence-corrected chi connectivity index (χ1v) is 11.1. The summed E-state index contributed by atoms with van der Waals surface area (Å²) in [6.45, 7) is 6.97. The van der Waals surface area contributed by atoms with Crippen LogP contribution in [0, 0.1) is 0 Å². The van der Waals surface area contributed by atoms with Crippen molar-refractivity contribution < 1.29 is 47.6 Å². The topological polar surface area (TPSA) is 124 Å². The molecule has 0 spiro atoms. The van der Waals surface area contributed by atoms with Crippen molar-refractivity contribution in [3.8, 4) is 0 Å².